The smallest absolute Gasteiger partial charge is 0.145 e. The van der Waals surface area contributed by atoms with Gasteiger partial charge in [0.05, 0.1) is 11.9 Å². The molecule has 2 N–H and O–H groups in total. The van der Waals surface area contributed by atoms with E-state index in [0.717, 1.165) is 22.2 Å². The normalized spacial score (nSPS) is 12.3. The van der Waals surface area contributed by atoms with Crippen LogP contribution in [0.3, 0.4) is 0 Å². The van der Waals surface area contributed by atoms with Gasteiger partial charge in [-0.05, 0) is 30.5 Å². The van der Waals surface area contributed by atoms with Gasteiger partial charge in [0, 0.05) is 11.4 Å². The summed E-state index contributed by atoms with van der Waals surface area (Å²) in [6.07, 6.45) is 1.71. The van der Waals surface area contributed by atoms with Gasteiger partial charge in [-0.25, -0.2) is 0 Å². The van der Waals surface area contributed by atoms with Gasteiger partial charge in [-0.15, -0.1) is 0 Å². The third-order valence-electron chi connectivity index (χ3n) is 3.20. The third kappa shape index (κ3) is 2.49. The molecule has 0 saturated heterocycles. The molecule has 0 aliphatic rings. The van der Waals surface area contributed by atoms with E-state index in [0.29, 0.717) is 5.75 Å². The molecule has 0 unspecified atom stereocenters. The van der Waals surface area contributed by atoms with Gasteiger partial charge in [-0.1, -0.05) is 36.4 Å². The number of rotatable bonds is 3. The van der Waals surface area contributed by atoms with Gasteiger partial charge in [0.25, 0.3) is 0 Å². The van der Waals surface area contributed by atoms with Crippen molar-refractivity contribution < 1.29 is 4.74 Å². The molecule has 100 valence electrons. The fourth-order valence-electron chi connectivity index (χ4n) is 2.13. The SMILES string of the molecule is C[C@H](N)c1ccc(Oc2cccc3ccccc23)cn1. The van der Waals surface area contributed by atoms with Gasteiger partial charge in [0.2, 0.25) is 0 Å². The summed E-state index contributed by atoms with van der Waals surface area (Å²) in [6, 6.07) is 17.9. The summed E-state index contributed by atoms with van der Waals surface area (Å²) in [7, 11) is 0. The Morgan fingerprint density at radius 2 is 1.80 bits per heavy atom. The summed E-state index contributed by atoms with van der Waals surface area (Å²) < 4.78 is 5.92. The quantitative estimate of drug-likeness (QED) is 0.776. The maximum absolute atomic E-state index is 5.92. The first-order valence-electron chi connectivity index (χ1n) is 6.61. The minimum Gasteiger partial charge on any atom is -0.455 e. The van der Waals surface area contributed by atoms with Crippen molar-refractivity contribution in [2.24, 2.45) is 5.73 Å². The zero-order valence-corrected chi connectivity index (χ0v) is 11.3. The van der Waals surface area contributed by atoms with Crippen LogP contribution in [0.25, 0.3) is 10.8 Å². The number of nitrogens with zero attached hydrogens (tertiary/aromatic N) is 1. The van der Waals surface area contributed by atoms with E-state index in [2.05, 4.69) is 23.2 Å². The van der Waals surface area contributed by atoms with Crippen LogP contribution in [-0.2, 0) is 0 Å². The molecule has 0 radical (unpaired) electrons. The van der Waals surface area contributed by atoms with Crippen LogP contribution in [-0.4, -0.2) is 4.98 Å². The predicted molar refractivity (Wildman–Crippen MR) is 80.9 cm³/mol. The van der Waals surface area contributed by atoms with Crippen molar-refractivity contribution in [3.8, 4) is 11.5 Å². The van der Waals surface area contributed by atoms with E-state index >= 15 is 0 Å². The van der Waals surface area contributed by atoms with Crippen molar-refractivity contribution in [3.63, 3.8) is 0 Å². The van der Waals surface area contributed by atoms with Crippen LogP contribution in [0.2, 0.25) is 0 Å². The highest BCUT2D eigenvalue weighted by molar-refractivity contribution is 5.88. The second kappa shape index (κ2) is 5.31. The lowest BCUT2D eigenvalue weighted by molar-refractivity contribution is 0.485. The van der Waals surface area contributed by atoms with Crippen LogP contribution in [0.4, 0.5) is 0 Å². The molecule has 0 amide bonds. The maximum atomic E-state index is 5.92. The Morgan fingerprint density at radius 1 is 1.00 bits per heavy atom. The molecule has 0 spiro atoms. The van der Waals surface area contributed by atoms with E-state index in [-0.39, 0.29) is 6.04 Å². The fourth-order valence-corrected chi connectivity index (χ4v) is 2.13. The average molecular weight is 264 g/mol. The summed E-state index contributed by atoms with van der Waals surface area (Å²) in [4.78, 5) is 4.30. The van der Waals surface area contributed by atoms with E-state index in [1.54, 1.807) is 6.20 Å². The van der Waals surface area contributed by atoms with Crippen molar-refractivity contribution in [1.29, 1.82) is 0 Å². The Labute approximate surface area is 118 Å². The molecule has 0 aliphatic carbocycles. The van der Waals surface area contributed by atoms with Gasteiger partial charge in [-0.3, -0.25) is 4.98 Å². The molecule has 0 bridgehead atoms. The number of benzene rings is 2. The highest BCUT2D eigenvalue weighted by Gasteiger charge is 2.05. The Balaban J connectivity index is 1.93. The van der Waals surface area contributed by atoms with E-state index in [9.17, 15) is 0 Å². The van der Waals surface area contributed by atoms with Crippen LogP contribution in [0.1, 0.15) is 18.7 Å². The highest BCUT2D eigenvalue weighted by Crippen LogP contribution is 2.29. The van der Waals surface area contributed by atoms with E-state index in [1.165, 1.54) is 0 Å². The molecule has 20 heavy (non-hydrogen) atoms. The monoisotopic (exact) mass is 264 g/mol. The Morgan fingerprint density at radius 3 is 2.55 bits per heavy atom. The molecule has 3 aromatic rings. The van der Waals surface area contributed by atoms with E-state index in [4.69, 9.17) is 10.5 Å². The lowest BCUT2D eigenvalue weighted by Crippen LogP contribution is -2.06. The first-order chi connectivity index (χ1) is 9.74. The molecule has 1 heterocycles. The number of hydrogen-bond acceptors (Lipinski definition) is 3. The number of fused-ring (bicyclic) bond motifs is 1. The van der Waals surface area contributed by atoms with Crippen LogP contribution in [0, 0.1) is 0 Å². The molecule has 1 aromatic heterocycles. The maximum Gasteiger partial charge on any atom is 0.145 e. The van der Waals surface area contributed by atoms with Crippen LogP contribution < -0.4 is 10.5 Å². The van der Waals surface area contributed by atoms with Crippen molar-refractivity contribution in [3.05, 3.63) is 66.5 Å². The summed E-state index contributed by atoms with van der Waals surface area (Å²) in [5, 5.41) is 2.25. The van der Waals surface area contributed by atoms with Crippen LogP contribution in [0.15, 0.2) is 60.8 Å². The second-order valence-electron chi connectivity index (χ2n) is 4.79. The van der Waals surface area contributed by atoms with Gasteiger partial charge in [0.1, 0.15) is 11.5 Å². The third-order valence-corrected chi connectivity index (χ3v) is 3.20. The standard InChI is InChI=1S/C17H16N2O/c1-12(18)16-10-9-14(11-19-16)20-17-8-4-6-13-5-2-3-7-15(13)17/h2-12H,18H2,1H3/t12-/m0/s1. The first-order valence-corrected chi connectivity index (χ1v) is 6.61. The van der Waals surface area contributed by atoms with Crippen molar-refractivity contribution >= 4 is 10.8 Å². The van der Waals surface area contributed by atoms with Gasteiger partial charge in [0.15, 0.2) is 0 Å². The Bertz CT molecular complexity index is 715. The number of aromatic nitrogens is 1. The number of nitrogens with two attached hydrogens (primary N) is 1. The molecule has 1 atom stereocenters. The topological polar surface area (TPSA) is 48.1 Å². The zero-order chi connectivity index (χ0) is 13.9. The zero-order valence-electron chi connectivity index (χ0n) is 11.3. The van der Waals surface area contributed by atoms with Crippen molar-refractivity contribution in [1.82, 2.24) is 4.98 Å². The van der Waals surface area contributed by atoms with Crippen LogP contribution in [0.5, 0.6) is 11.5 Å². The van der Waals surface area contributed by atoms with Gasteiger partial charge < -0.3 is 10.5 Å². The number of ether oxygens (including phenoxy) is 1. The van der Waals surface area contributed by atoms with Gasteiger partial charge >= 0.3 is 0 Å². The molecule has 2 aromatic carbocycles. The molecule has 0 fully saturated rings. The summed E-state index contributed by atoms with van der Waals surface area (Å²) in [5.74, 6) is 1.55. The summed E-state index contributed by atoms with van der Waals surface area (Å²) >= 11 is 0. The van der Waals surface area contributed by atoms with Crippen molar-refractivity contribution in [2.75, 3.05) is 0 Å². The Hall–Kier alpha value is -2.39. The predicted octanol–water partition coefficient (Wildman–Crippen LogP) is 4.05. The van der Waals surface area contributed by atoms with Crippen molar-refractivity contribution in [2.45, 2.75) is 13.0 Å². The second-order valence-corrected chi connectivity index (χ2v) is 4.79. The minimum atomic E-state index is -0.0680. The molecule has 0 aliphatic heterocycles. The summed E-state index contributed by atoms with van der Waals surface area (Å²) in [6.45, 7) is 1.91. The molecule has 3 nitrogen and oxygen atoms in total. The Kier molecular flexibility index (Phi) is 3.35. The average Bonchev–Trinajstić information content (AvgIpc) is 2.48. The van der Waals surface area contributed by atoms with E-state index in [1.807, 2.05) is 43.3 Å². The molecule has 3 heteroatoms. The fraction of sp³-hybridized carbons (Fsp3) is 0.118. The lowest BCUT2D eigenvalue weighted by atomic mass is 10.1. The van der Waals surface area contributed by atoms with Gasteiger partial charge in [-0.2, -0.15) is 0 Å². The number of pyridine rings is 1. The molecule has 0 saturated carbocycles. The first kappa shape index (κ1) is 12.6. The minimum absolute atomic E-state index is 0.0680. The molecule has 3 rings (SSSR count). The molecular formula is C17H16N2O. The van der Waals surface area contributed by atoms with Crippen LogP contribution >= 0.6 is 0 Å². The highest BCUT2D eigenvalue weighted by atomic mass is 16.5. The number of hydrogen-bond donors (Lipinski definition) is 1. The lowest BCUT2D eigenvalue weighted by Gasteiger charge is -2.10. The largest absolute Gasteiger partial charge is 0.455 e. The van der Waals surface area contributed by atoms with E-state index < -0.39 is 0 Å². The molecular weight excluding hydrogens is 248 g/mol. The summed E-state index contributed by atoms with van der Waals surface area (Å²) in [5.41, 5.74) is 6.64.